The first-order chi connectivity index (χ1) is 16.8. The van der Waals surface area contributed by atoms with Crippen molar-refractivity contribution in [3.8, 4) is 23.0 Å². The summed E-state index contributed by atoms with van der Waals surface area (Å²) in [5.74, 6) is 0.415. The topological polar surface area (TPSA) is 103 Å². The molecule has 0 aromatic heterocycles. The maximum atomic E-state index is 13.6. The molecular weight excluding hydrogens is 479 g/mol. The molecule has 184 valence electrons. The van der Waals surface area contributed by atoms with Crippen LogP contribution in [0.3, 0.4) is 0 Å². The average molecular weight is 503 g/mol. The molecule has 9 nitrogen and oxygen atoms in total. The Morgan fingerprint density at radius 1 is 0.943 bits per heavy atom. The molecule has 1 heterocycles. The van der Waals surface area contributed by atoms with Gasteiger partial charge in [0.15, 0.2) is 23.0 Å². The van der Waals surface area contributed by atoms with Crippen LogP contribution >= 0.6 is 0 Å². The molecule has 0 fully saturated rings. The van der Waals surface area contributed by atoms with Gasteiger partial charge in [0, 0.05) is 17.8 Å². The Morgan fingerprint density at radius 2 is 1.63 bits per heavy atom. The monoisotopic (exact) mass is 502 g/mol. The van der Waals surface area contributed by atoms with Crippen molar-refractivity contribution < 1.29 is 36.6 Å². The van der Waals surface area contributed by atoms with Crippen LogP contribution in [0.25, 0.3) is 0 Å². The van der Waals surface area contributed by atoms with Gasteiger partial charge in [-0.1, -0.05) is 0 Å². The molecular formula is C24H23FN2O7S. The van der Waals surface area contributed by atoms with Crippen molar-refractivity contribution in [2.45, 2.75) is 4.90 Å². The van der Waals surface area contributed by atoms with Crippen LogP contribution < -0.4 is 28.6 Å². The summed E-state index contributed by atoms with van der Waals surface area (Å²) in [6.45, 7) is 0.238. The zero-order chi connectivity index (χ0) is 25.0. The fourth-order valence-corrected chi connectivity index (χ4v) is 4.92. The van der Waals surface area contributed by atoms with E-state index < -0.39 is 28.3 Å². The van der Waals surface area contributed by atoms with E-state index in [0.29, 0.717) is 36.1 Å². The number of carbonyl (C=O) groups is 1. The number of nitrogens with zero attached hydrogens (tertiary/aromatic N) is 1. The molecule has 35 heavy (non-hydrogen) atoms. The molecule has 0 atom stereocenters. The summed E-state index contributed by atoms with van der Waals surface area (Å²) in [7, 11) is -1.45. The lowest BCUT2D eigenvalue weighted by Gasteiger charge is -2.25. The van der Waals surface area contributed by atoms with Gasteiger partial charge in [-0.25, -0.2) is 12.8 Å². The van der Waals surface area contributed by atoms with E-state index in [-0.39, 0.29) is 16.3 Å². The predicted octanol–water partition coefficient (Wildman–Crippen LogP) is 3.45. The molecule has 0 bridgehead atoms. The van der Waals surface area contributed by atoms with Gasteiger partial charge in [-0.15, -0.1) is 0 Å². The third-order valence-corrected chi connectivity index (χ3v) is 6.94. The fraction of sp³-hybridized carbons (Fsp3) is 0.208. The highest BCUT2D eigenvalue weighted by Crippen LogP contribution is 2.34. The largest absolute Gasteiger partial charge is 0.493 e. The summed E-state index contributed by atoms with van der Waals surface area (Å²) < 4.78 is 63.0. The maximum Gasteiger partial charge on any atom is 0.264 e. The van der Waals surface area contributed by atoms with Crippen LogP contribution in [0.15, 0.2) is 65.6 Å². The molecule has 1 N–H and O–H groups in total. The van der Waals surface area contributed by atoms with E-state index in [4.69, 9.17) is 18.9 Å². The Hall–Kier alpha value is -3.99. The number of ether oxygens (including phenoxy) is 4. The Bertz CT molecular complexity index is 1330. The number of sulfonamides is 1. The van der Waals surface area contributed by atoms with Gasteiger partial charge in [0.05, 0.1) is 24.8 Å². The van der Waals surface area contributed by atoms with Crippen molar-refractivity contribution >= 4 is 27.3 Å². The van der Waals surface area contributed by atoms with Crippen LogP contribution in [0.1, 0.15) is 0 Å². The van der Waals surface area contributed by atoms with Crippen LogP contribution in [0.4, 0.5) is 15.8 Å². The maximum absolute atomic E-state index is 13.6. The van der Waals surface area contributed by atoms with Crippen LogP contribution in [0.5, 0.6) is 23.0 Å². The van der Waals surface area contributed by atoms with Crippen LogP contribution in [0.2, 0.25) is 0 Å². The number of anilines is 2. The number of hydrogen-bond acceptors (Lipinski definition) is 7. The van der Waals surface area contributed by atoms with Crippen LogP contribution in [0, 0.1) is 5.82 Å². The molecule has 0 unspecified atom stereocenters. The van der Waals surface area contributed by atoms with E-state index in [2.05, 4.69) is 5.32 Å². The third kappa shape index (κ3) is 5.24. The number of methoxy groups -OCH3 is 2. The lowest BCUT2D eigenvalue weighted by molar-refractivity contribution is -0.114. The molecule has 0 aliphatic carbocycles. The van der Waals surface area contributed by atoms with Gasteiger partial charge >= 0.3 is 0 Å². The quantitative estimate of drug-likeness (QED) is 0.503. The van der Waals surface area contributed by atoms with Crippen molar-refractivity contribution in [1.29, 1.82) is 0 Å². The zero-order valence-corrected chi connectivity index (χ0v) is 19.8. The highest BCUT2D eigenvalue weighted by molar-refractivity contribution is 7.92. The molecule has 11 heteroatoms. The number of rotatable bonds is 8. The molecule has 1 amide bonds. The summed E-state index contributed by atoms with van der Waals surface area (Å²) in [4.78, 5) is 12.8. The van der Waals surface area contributed by atoms with Gasteiger partial charge in [0.2, 0.25) is 5.91 Å². The molecule has 0 radical (unpaired) electrons. The van der Waals surface area contributed by atoms with E-state index in [1.54, 1.807) is 18.2 Å². The molecule has 1 aliphatic heterocycles. The van der Waals surface area contributed by atoms with E-state index in [0.717, 1.165) is 16.4 Å². The summed E-state index contributed by atoms with van der Waals surface area (Å²) in [5, 5.41) is 2.67. The number of hydrogen-bond donors (Lipinski definition) is 1. The van der Waals surface area contributed by atoms with Gasteiger partial charge in [-0.05, 0) is 48.5 Å². The molecule has 3 aromatic carbocycles. The number of benzene rings is 3. The number of amides is 1. The van der Waals surface area contributed by atoms with Crippen molar-refractivity contribution in [3.63, 3.8) is 0 Å². The minimum absolute atomic E-state index is 0.110. The van der Waals surface area contributed by atoms with Gasteiger partial charge in [0.25, 0.3) is 10.0 Å². The van der Waals surface area contributed by atoms with E-state index in [1.807, 2.05) is 0 Å². The molecule has 0 saturated carbocycles. The lowest BCUT2D eigenvalue weighted by atomic mass is 10.2. The van der Waals surface area contributed by atoms with Gasteiger partial charge < -0.3 is 24.3 Å². The first-order valence-corrected chi connectivity index (χ1v) is 12.0. The SMILES string of the molecule is COc1ccc(S(=O)(=O)N(CC(=O)Nc2ccc3c(c2)OCCO3)c2ccc(F)cc2)cc1OC. The highest BCUT2D eigenvalue weighted by Gasteiger charge is 2.28. The number of nitrogens with one attached hydrogen (secondary N) is 1. The Balaban J connectivity index is 1.64. The highest BCUT2D eigenvalue weighted by atomic mass is 32.2. The molecule has 0 saturated heterocycles. The minimum atomic E-state index is -4.26. The van der Waals surface area contributed by atoms with Gasteiger partial charge in [-0.2, -0.15) is 0 Å². The minimum Gasteiger partial charge on any atom is -0.493 e. The smallest absolute Gasteiger partial charge is 0.264 e. The average Bonchev–Trinajstić information content (AvgIpc) is 2.87. The van der Waals surface area contributed by atoms with Gasteiger partial charge in [0.1, 0.15) is 25.6 Å². The summed E-state index contributed by atoms with van der Waals surface area (Å²) in [6.07, 6.45) is 0. The Morgan fingerprint density at radius 3 is 2.31 bits per heavy atom. The van der Waals surface area contributed by atoms with E-state index in [1.165, 1.54) is 44.6 Å². The standard InChI is InChI=1S/C24H23FN2O7S/c1-31-20-10-8-19(14-22(20)32-2)35(29,30)27(18-6-3-16(25)4-7-18)15-24(28)26-17-5-9-21-23(13-17)34-12-11-33-21/h3-10,13-14H,11-12,15H2,1-2H3,(H,26,28). The Labute approximate surface area is 202 Å². The molecule has 0 spiro atoms. The molecule has 4 rings (SSSR count). The van der Waals surface area contributed by atoms with E-state index >= 15 is 0 Å². The first kappa shape index (κ1) is 24.1. The number of carbonyl (C=O) groups excluding carboxylic acids is 1. The summed E-state index contributed by atoms with van der Waals surface area (Å²) in [6, 6.07) is 13.8. The fourth-order valence-electron chi connectivity index (χ4n) is 3.48. The van der Waals surface area contributed by atoms with Crippen molar-refractivity contribution in [3.05, 3.63) is 66.5 Å². The predicted molar refractivity (Wildman–Crippen MR) is 127 cm³/mol. The summed E-state index contributed by atoms with van der Waals surface area (Å²) in [5.41, 5.74) is 0.514. The summed E-state index contributed by atoms with van der Waals surface area (Å²) >= 11 is 0. The third-order valence-electron chi connectivity index (χ3n) is 5.17. The van der Waals surface area contributed by atoms with Crippen LogP contribution in [-0.2, 0) is 14.8 Å². The van der Waals surface area contributed by atoms with Crippen LogP contribution in [-0.4, -0.2) is 48.3 Å². The second kappa shape index (κ2) is 10.1. The van der Waals surface area contributed by atoms with Gasteiger partial charge in [-0.3, -0.25) is 9.10 Å². The molecule has 3 aromatic rings. The van der Waals surface area contributed by atoms with Crippen molar-refractivity contribution in [2.75, 3.05) is 43.6 Å². The lowest BCUT2D eigenvalue weighted by Crippen LogP contribution is -2.38. The normalized spacial score (nSPS) is 12.5. The Kier molecular flexibility index (Phi) is 6.97. The number of fused-ring (bicyclic) bond motifs is 1. The van der Waals surface area contributed by atoms with Crippen molar-refractivity contribution in [1.82, 2.24) is 0 Å². The first-order valence-electron chi connectivity index (χ1n) is 10.5. The van der Waals surface area contributed by atoms with Crippen molar-refractivity contribution in [2.24, 2.45) is 0 Å². The second-order valence-electron chi connectivity index (χ2n) is 7.41. The van der Waals surface area contributed by atoms with E-state index in [9.17, 15) is 17.6 Å². The zero-order valence-electron chi connectivity index (χ0n) is 19.0. The second-order valence-corrected chi connectivity index (χ2v) is 9.27. The molecule has 1 aliphatic rings. The number of halogens is 1.